The zero-order valence-corrected chi connectivity index (χ0v) is 11.5. The molecule has 0 aromatic carbocycles. The number of halogens is 1. The summed E-state index contributed by atoms with van der Waals surface area (Å²) in [5.41, 5.74) is 0. The van der Waals surface area contributed by atoms with Gasteiger partial charge in [-0.05, 0) is 6.42 Å². The van der Waals surface area contributed by atoms with Gasteiger partial charge in [-0.15, -0.1) is 11.6 Å². The average molecular weight is 301 g/mol. The van der Waals surface area contributed by atoms with Crippen LogP contribution in [-0.2, 0) is 19.9 Å². The van der Waals surface area contributed by atoms with Gasteiger partial charge in [0.05, 0.1) is 29.0 Å². The summed E-state index contributed by atoms with van der Waals surface area (Å²) < 4.78 is 48.2. The number of sulfonamides is 1. The van der Waals surface area contributed by atoms with Crippen molar-refractivity contribution < 1.29 is 16.8 Å². The predicted octanol–water partition coefficient (Wildman–Crippen LogP) is -0.388. The van der Waals surface area contributed by atoms with Gasteiger partial charge in [-0.2, -0.15) is 5.26 Å². The second-order valence-corrected chi connectivity index (χ2v) is 8.50. The van der Waals surface area contributed by atoms with Gasteiger partial charge in [-0.25, -0.2) is 21.6 Å². The third-order valence-electron chi connectivity index (χ3n) is 2.49. The summed E-state index contributed by atoms with van der Waals surface area (Å²) in [5.74, 6) is -0.562. The number of sulfone groups is 1. The highest BCUT2D eigenvalue weighted by Gasteiger charge is 2.40. The Morgan fingerprint density at radius 3 is 2.47 bits per heavy atom. The summed E-state index contributed by atoms with van der Waals surface area (Å²) in [7, 11) is -7.15. The van der Waals surface area contributed by atoms with Crippen molar-refractivity contribution in [2.45, 2.75) is 30.0 Å². The molecule has 17 heavy (non-hydrogen) atoms. The predicted molar refractivity (Wildman–Crippen MR) is 63.8 cm³/mol. The van der Waals surface area contributed by atoms with Gasteiger partial charge in [0, 0.05) is 0 Å². The van der Waals surface area contributed by atoms with Gasteiger partial charge in [0.2, 0.25) is 10.0 Å². The van der Waals surface area contributed by atoms with Crippen molar-refractivity contribution >= 4 is 31.5 Å². The fourth-order valence-electron chi connectivity index (χ4n) is 1.59. The van der Waals surface area contributed by atoms with Gasteiger partial charge >= 0.3 is 0 Å². The zero-order valence-electron chi connectivity index (χ0n) is 9.13. The Hall–Kier alpha value is -0.360. The average Bonchev–Trinajstić information content (AvgIpc) is 2.39. The van der Waals surface area contributed by atoms with E-state index in [1.165, 1.54) is 0 Å². The summed E-state index contributed by atoms with van der Waals surface area (Å²) in [4.78, 5) is 0. The highest BCUT2D eigenvalue weighted by Crippen LogP contribution is 2.19. The second-order valence-electron chi connectivity index (χ2n) is 3.89. The normalized spacial score (nSPS) is 29.7. The van der Waals surface area contributed by atoms with Crippen LogP contribution in [0.15, 0.2) is 0 Å². The van der Waals surface area contributed by atoms with Crippen molar-refractivity contribution in [1.29, 1.82) is 5.26 Å². The first-order valence-corrected chi connectivity index (χ1v) is 8.77. The van der Waals surface area contributed by atoms with E-state index < -0.39 is 36.5 Å². The molecule has 98 valence electrons. The van der Waals surface area contributed by atoms with Crippen LogP contribution < -0.4 is 4.72 Å². The van der Waals surface area contributed by atoms with E-state index in [0.717, 1.165) is 0 Å². The number of hydrogen-bond donors (Lipinski definition) is 1. The van der Waals surface area contributed by atoms with Gasteiger partial charge in [-0.1, -0.05) is 6.92 Å². The van der Waals surface area contributed by atoms with Crippen LogP contribution >= 0.6 is 11.6 Å². The van der Waals surface area contributed by atoms with Crippen molar-refractivity contribution in [3.63, 3.8) is 0 Å². The number of nitrogens with zero attached hydrogens (tertiary/aromatic N) is 1. The van der Waals surface area contributed by atoms with Gasteiger partial charge in [0.25, 0.3) is 0 Å². The van der Waals surface area contributed by atoms with Crippen LogP contribution in [0.4, 0.5) is 0 Å². The lowest BCUT2D eigenvalue weighted by Crippen LogP contribution is -2.44. The Labute approximate surface area is 106 Å². The van der Waals surface area contributed by atoms with Crippen LogP contribution in [0.25, 0.3) is 0 Å². The van der Waals surface area contributed by atoms with E-state index in [1.54, 1.807) is 13.0 Å². The van der Waals surface area contributed by atoms with E-state index in [-0.39, 0.29) is 17.9 Å². The monoisotopic (exact) mass is 300 g/mol. The molecule has 0 amide bonds. The molecule has 3 unspecified atom stereocenters. The summed E-state index contributed by atoms with van der Waals surface area (Å²) in [5, 5.41) is 6.71. The highest BCUT2D eigenvalue weighted by molar-refractivity contribution is 7.92. The minimum absolute atomic E-state index is 0.137. The van der Waals surface area contributed by atoms with Crippen molar-refractivity contribution in [2.24, 2.45) is 0 Å². The standard InChI is InChI=1S/C8H13ClN2O4S2/c1-2-6(3-10)17(14,15)11-8-5-16(12,13)4-7(8)9/h6-8,11H,2,4-5H2,1H3. The second kappa shape index (κ2) is 5.10. The molecule has 1 saturated heterocycles. The third-order valence-corrected chi connectivity index (χ3v) is 6.68. The number of nitriles is 1. The first kappa shape index (κ1) is 14.7. The molecule has 1 rings (SSSR count). The largest absolute Gasteiger partial charge is 0.229 e. The van der Waals surface area contributed by atoms with Crippen LogP contribution in [0, 0.1) is 11.3 Å². The Kier molecular flexibility index (Phi) is 4.41. The molecular formula is C8H13ClN2O4S2. The van der Waals surface area contributed by atoms with E-state index in [9.17, 15) is 16.8 Å². The summed E-state index contributed by atoms with van der Waals surface area (Å²) in [6.07, 6.45) is 0.137. The smallest absolute Gasteiger partial charge is 0.228 e. The van der Waals surface area contributed by atoms with Crippen molar-refractivity contribution in [1.82, 2.24) is 4.72 Å². The van der Waals surface area contributed by atoms with Crippen LogP contribution in [0.2, 0.25) is 0 Å². The SMILES string of the molecule is CCC(C#N)S(=O)(=O)NC1CS(=O)(=O)CC1Cl. The summed E-state index contributed by atoms with van der Waals surface area (Å²) >= 11 is 5.77. The number of hydrogen-bond acceptors (Lipinski definition) is 5. The van der Waals surface area contributed by atoms with E-state index in [4.69, 9.17) is 16.9 Å². The zero-order chi connectivity index (χ0) is 13.3. The Morgan fingerprint density at radius 2 is 2.12 bits per heavy atom. The third kappa shape index (κ3) is 3.55. The van der Waals surface area contributed by atoms with Crippen LogP contribution in [-0.4, -0.2) is 45.0 Å². The minimum atomic E-state index is -3.85. The molecule has 0 saturated carbocycles. The molecule has 9 heteroatoms. The Morgan fingerprint density at radius 1 is 1.53 bits per heavy atom. The minimum Gasteiger partial charge on any atom is -0.229 e. The Balaban J connectivity index is 2.84. The van der Waals surface area contributed by atoms with E-state index in [2.05, 4.69) is 4.72 Å². The van der Waals surface area contributed by atoms with E-state index >= 15 is 0 Å². The molecule has 0 aromatic rings. The maximum absolute atomic E-state index is 11.7. The fraction of sp³-hybridized carbons (Fsp3) is 0.875. The molecule has 1 aliphatic rings. The maximum Gasteiger partial charge on any atom is 0.228 e. The van der Waals surface area contributed by atoms with Crippen molar-refractivity contribution in [3.8, 4) is 6.07 Å². The number of nitrogens with one attached hydrogen (secondary N) is 1. The van der Waals surface area contributed by atoms with Crippen molar-refractivity contribution in [2.75, 3.05) is 11.5 Å². The maximum atomic E-state index is 11.7. The van der Waals surface area contributed by atoms with Crippen LogP contribution in [0.1, 0.15) is 13.3 Å². The van der Waals surface area contributed by atoms with Crippen molar-refractivity contribution in [3.05, 3.63) is 0 Å². The van der Waals surface area contributed by atoms with E-state index in [0.29, 0.717) is 0 Å². The molecule has 0 bridgehead atoms. The first-order chi connectivity index (χ1) is 7.72. The highest BCUT2D eigenvalue weighted by atomic mass is 35.5. The van der Waals surface area contributed by atoms with Gasteiger partial charge in [-0.3, -0.25) is 0 Å². The van der Waals surface area contributed by atoms with Gasteiger partial charge in [0.15, 0.2) is 15.1 Å². The van der Waals surface area contributed by atoms with E-state index in [1.807, 2.05) is 0 Å². The lowest BCUT2D eigenvalue weighted by atomic mass is 10.3. The summed E-state index contributed by atoms with van der Waals surface area (Å²) in [6, 6.07) is 0.806. The van der Waals surface area contributed by atoms with Crippen LogP contribution in [0.3, 0.4) is 0 Å². The molecule has 1 N–H and O–H groups in total. The molecule has 0 aromatic heterocycles. The lowest BCUT2D eigenvalue weighted by Gasteiger charge is -2.16. The number of rotatable bonds is 4. The fourth-order valence-corrected chi connectivity index (χ4v) is 5.73. The molecule has 0 spiro atoms. The molecule has 1 heterocycles. The first-order valence-electron chi connectivity index (χ1n) is 4.97. The molecule has 6 nitrogen and oxygen atoms in total. The quantitative estimate of drug-likeness (QED) is 0.712. The molecular weight excluding hydrogens is 288 g/mol. The molecule has 1 fully saturated rings. The number of alkyl halides is 1. The van der Waals surface area contributed by atoms with Gasteiger partial charge < -0.3 is 0 Å². The molecule has 3 atom stereocenters. The lowest BCUT2D eigenvalue weighted by molar-refractivity contribution is 0.555. The topological polar surface area (TPSA) is 104 Å². The summed E-state index contributed by atoms with van der Waals surface area (Å²) in [6.45, 7) is 1.57. The molecule has 0 aliphatic carbocycles. The molecule has 1 aliphatic heterocycles. The van der Waals surface area contributed by atoms with Gasteiger partial charge in [0.1, 0.15) is 0 Å². The van der Waals surface area contributed by atoms with Crippen LogP contribution in [0.5, 0.6) is 0 Å². The molecule has 0 radical (unpaired) electrons. The Bertz CT molecular complexity index is 522.